The number of aromatic nitrogens is 1. The molecule has 8 heteroatoms. The minimum absolute atomic E-state index is 0.215. The summed E-state index contributed by atoms with van der Waals surface area (Å²) >= 11 is 0. The maximum absolute atomic E-state index is 11.4. The van der Waals surface area contributed by atoms with E-state index in [0.29, 0.717) is 12.7 Å². The van der Waals surface area contributed by atoms with Crippen molar-refractivity contribution in [3.8, 4) is 0 Å². The molecule has 0 unspecified atom stereocenters. The van der Waals surface area contributed by atoms with E-state index in [0.717, 1.165) is 10.8 Å². The van der Waals surface area contributed by atoms with Crippen LogP contribution in [0.3, 0.4) is 0 Å². The molecule has 2 N–H and O–H groups in total. The fraction of sp³-hybridized carbons (Fsp3) is 0.462. The number of aliphatic hydroxyl groups is 1. The van der Waals surface area contributed by atoms with Crippen molar-refractivity contribution in [1.82, 2.24) is 10.5 Å². The summed E-state index contributed by atoms with van der Waals surface area (Å²) in [4.78, 5) is 30.3. The lowest BCUT2D eigenvalue weighted by Gasteiger charge is -2.10. The number of nitrogens with one attached hydrogen (secondary N) is 1. The van der Waals surface area contributed by atoms with Crippen molar-refractivity contribution in [1.29, 1.82) is 0 Å². The van der Waals surface area contributed by atoms with Crippen LogP contribution in [0.15, 0.2) is 29.4 Å². The van der Waals surface area contributed by atoms with E-state index in [2.05, 4.69) is 15.3 Å². The summed E-state index contributed by atoms with van der Waals surface area (Å²) < 4.78 is 0. The molecule has 0 radical (unpaired) electrons. The number of hydrogen-bond acceptors (Lipinski definition) is 8. The third-order valence-corrected chi connectivity index (χ3v) is 4.61. The Morgan fingerprint density at radius 1 is 1.52 bits per heavy atom. The van der Waals surface area contributed by atoms with Gasteiger partial charge in [-0.15, -0.1) is 5.48 Å². The van der Waals surface area contributed by atoms with Gasteiger partial charge in [0.25, 0.3) is 0 Å². The van der Waals surface area contributed by atoms with Gasteiger partial charge in [0.2, 0.25) is 0 Å². The zero-order chi connectivity index (χ0) is 15.3. The molecule has 0 aliphatic rings. The second-order valence-electron chi connectivity index (χ2n) is 4.03. The van der Waals surface area contributed by atoms with Crippen LogP contribution in [0.1, 0.15) is 25.7 Å². The molecule has 0 aliphatic heterocycles. The number of hydrogen-bond donors (Lipinski definition) is 2. The molecule has 0 aliphatic carbocycles. The zero-order valence-electron chi connectivity index (χ0n) is 11.4. The van der Waals surface area contributed by atoms with Gasteiger partial charge in [-0.2, -0.15) is 0 Å². The van der Waals surface area contributed by atoms with Gasteiger partial charge in [0.1, 0.15) is 17.5 Å². The molecule has 1 atom stereocenters. The van der Waals surface area contributed by atoms with Gasteiger partial charge in [-0.05, 0) is 35.8 Å². The zero-order valence-corrected chi connectivity index (χ0v) is 13.1. The smallest absolute Gasteiger partial charge is 0.324 e. The molecule has 116 valence electrons. The molecule has 21 heavy (non-hydrogen) atoms. The van der Waals surface area contributed by atoms with Gasteiger partial charge in [-0.25, -0.2) is 4.98 Å². The summed E-state index contributed by atoms with van der Waals surface area (Å²) in [6.07, 6.45) is 2.80. The fourth-order valence-corrected chi connectivity index (χ4v) is 3.21. The van der Waals surface area contributed by atoms with Gasteiger partial charge in [0.05, 0.1) is 0 Å². The highest BCUT2D eigenvalue weighted by molar-refractivity contribution is 8.76. The Bertz CT molecular complexity index is 420. The van der Waals surface area contributed by atoms with E-state index in [9.17, 15) is 14.7 Å². The molecule has 1 rings (SSSR count). The number of hydroxylamine groups is 1. The average Bonchev–Trinajstić information content (AvgIpc) is 2.51. The van der Waals surface area contributed by atoms with Crippen molar-refractivity contribution >= 4 is 33.8 Å². The Morgan fingerprint density at radius 2 is 2.38 bits per heavy atom. The third-order valence-electron chi connectivity index (χ3n) is 2.26. The van der Waals surface area contributed by atoms with Crippen LogP contribution in [0.25, 0.3) is 0 Å². The van der Waals surface area contributed by atoms with E-state index in [-0.39, 0.29) is 19.3 Å². The molecular weight excluding hydrogens is 312 g/mol. The van der Waals surface area contributed by atoms with E-state index in [1.54, 1.807) is 27.8 Å². The number of aliphatic hydroxyl groups excluding tert-OH is 1. The topological polar surface area (TPSA) is 88.5 Å². The van der Waals surface area contributed by atoms with Crippen LogP contribution in [0.4, 0.5) is 0 Å². The van der Waals surface area contributed by atoms with Crippen molar-refractivity contribution < 1.29 is 19.5 Å². The summed E-state index contributed by atoms with van der Waals surface area (Å²) in [5.74, 6) is 0.368. The standard InChI is InChI=1S/C13H18N2O4S2/c16-9-3-5-11(17)15-19-13(18)7-4-10-20-21-12-6-1-2-8-14-12/h1-2,6,8-9,11,15,17H,3-5,7,10H2/t11-/m0/s1. The highest BCUT2D eigenvalue weighted by Gasteiger charge is 2.07. The van der Waals surface area contributed by atoms with Crippen molar-refractivity contribution in [3.05, 3.63) is 24.4 Å². The van der Waals surface area contributed by atoms with Crippen LogP contribution in [0, 0.1) is 0 Å². The first kappa shape index (κ1) is 18.0. The summed E-state index contributed by atoms with van der Waals surface area (Å²) in [6, 6.07) is 5.71. The molecule has 1 aromatic rings. The highest BCUT2D eigenvalue weighted by Crippen LogP contribution is 2.29. The third kappa shape index (κ3) is 9.46. The van der Waals surface area contributed by atoms with Gasteiger partial charge in [-0.1, -0.05) is 16.9 Å². The Kier molecular flexibility index (Phi) is 9.88. The van der Waals surface area contributed by atoms with Crippen molar-refractivity contribution in [2.45, 2.75) is 36.9 Å². The first-order chi connectivity index (χ1) is 10.2. The van der Waals surface area contributed by atoms with Crippen LogP contribution in [0.5, 0.6) is 0 Å². The molecule has 6 nitrogen and oxygen atoms in total. The predicted octanol–water partition coefficient (Wildman–Crippen LogP) is 1.95. The van der Waals surface area contributed by atoms with E-state index in [1.165, 1.54) is 0 Å². The van der Waals surface area contributed by atoms with Crippen LogP contribution < -0.4 is 5.48 Å². The van der Waals surface area contributed by atoms with Crippen LogP contribution >= 0.6 is 21.6 Å². The Hall–Kier alpha value is -1.09. The quantitative estimate of drug-likeness (QED) is 0.209. The van der Waals surface area contributed by atoms with Gasteiger partial charge >= 0.3 is 5.97 Å². The minimum Gasteiger partial charge on any atom is -0.375 e. The minimum atomic E-state index is -1.01. The maximum Gasteiger partial charge on any atom is 0.324 e. The van der Waals surface area contributed by atoms with E-state index < -0.39 is 12.2 Å². The number of carbonyl (C=O) groups excluding carboxylic acids is 2. The molecule has 1 heterocycles. The Labute approximate surface area is 131 Å². The number of aldehydes is 1. The first-order valence-corrected chi connectivity index (χ1v) is 8.81. The molecule has 0 fully saturated rings. The number of pyridine rings is 1. The second kappa shape index (κ2) is 11.6. The number of rotatable bonds is 11. The van der Waals surface area contributed by atoms with Gasteiger partial charge < -0.3 is 14.7 Å². The van der Waals surface area contributed by atoms with Crippen LogP contribution in [0.2, 0.25) is 0 Å². The predicted molar refractivity (Wildman–Crippen MR) is 82.3 cm³/mol. The summed E-state index contributed by atoms with van der Waals surface area (Å²) in [5.41, 5.74) is 2.21. The summed E-state index contributed by atoms with van der Waals surface area (Å²) in [5, 5.41) is 10.2. The van der Waals surface area contributed by atoms with E-state index >= 15 is 0 Å². The fourth-order valence-electron chi connectivity index (χ4n) is 1.24. The second-order valence-corrected chi connectivity index (χ2v) is 6.46. The molecule has 0 spiro atoms. The highest BCUT2D eigenvalue weighted by atomic mass is 33.1. The van der Waals surface area contributed by atoms with Crippen molar-refractivity contribution in [2.24, 2.45) is 0 Å². The first-order valence-electron chi connectivity index (χ1n) is 6.49. The van der Waals surface area contributed by atoms with Crippen molar-refractivity contribution in [2.75, 3.05) is 5.75 Å². The lowest BCUT2D eigenvalue weighted by atomic mass is 10.3. The van der Waals surface area contributed by atoms with Gasteiger partial charge in [0, 0.05) is 24.8 Å². The molecule has 0 amide bonds. The normalized spacial score (nSPS) is 11.9. The Morgan fingerprint density at radius 3 is 3.10 bits per heavy atom. The number of nitrogens with zero attached hydrogens (tertiary/aromatic N) is 1. The van der Waals surface area contributed by atoms with Crippen LogP contribution in [-0.4, -0.2) is 34.3 Å². The molecule has 0 saturated carbocycles. The maximum atomic E-state index is 11.4. The monoisotopic (exact) mass is 330 g/mol. The molecular formula is C13H18N2O4S2. The van der Waals surface area contributed by atoms with Crippen LogP contribution in [-0.2, 0) is 14.4 Å². The lowest BCUT2D eigenvalue weighted by molar-refractivity contribution is -0.159. The molecule has 0 bridgehead atoms. The van der Waals surface area contributed by atoms with E-state index in [1.807, 2.05) is 18.2 Å². The summed E-state index contributed by atoms with van der Waals surface area (Å²) in [6.45, 7) is 0. The van der Waals surface area contributed by atoms with Crippen molar-refractivity contribution in [3.63, 3.8) is 0 Å². The largest absolute Gasteiger partial charge is 0.375 e. The lowest BCUT2D eigenvalue weighted by Crippen LogP contribution is -2.31. The molecule has 1 aromatic heterocycles. The SMILES string of the molecule is O=CCC[C@H](O)NOC(=O)CCCSSc1ccccn1. The number of carbonyl (C=O) groups is 2. The summed E-state index contributed by atoms with van der Waals surface area (Å²) in [7, 11) is 3.19. The van der Waals surface area contributed by atoms with E-state index in [4.69, 9.17) is 0 Å². The molecule has 0 aromatic carbocycles. The average molecular weight is 330 g/mol. The van der Waals surface area contributed by atoms with Gasteiger partial charge in [0.15, 0.2) is 0 Å². The Balaban J connectivity index is 1.99. The molecule has 0 saturated heterocycles. The van der Waals surface area contributed by atoms with Gasteiger partial charge in [-0.3, -0.25) is 4.79 Å².